The highest BCUT2D eigenvalue weighted by molar-refractivity contribution is 7.07. The molecule has 0 saturated carbocycles. The number of rotatable bonds is 3. The van der Waals surface area contributed by atoms with Crippen LogP contribution >= 0.6 is 11.3 Å². The molecule has 12 heavy (non-hydrogen) atoms. The highest BCUT2D eigenvalue weighted by Gasteiger charge is 2.08. The maximum atomic E-state index is 8.62. The Labute approximate surface area is 76.3 Å². The van der Waals surface area contributed by atoms with Gasteiger partial charge in [-0.3, -0.25) is 4.90 Å². The average Bonchev–Trinajstić information content (AvgIpc) is 2.55. The zero-order valence-corrected chi connectivity index (χ0v) is 8.01. The van der Waals surface area contributed by atoms with Crippen molar-refractivity contribution in [3.05, 3.63) is 16.6 Å². The summed E-state index contributed by atoms with van der Waals surface area (Å²) in [7, 11) is 1.92. The second-order valence-corrected chi connectivity index (χ2v) is 3.42. The average molecular weight is 181 g/mol. The second kappa shape index (κ2) is 4.19. The summed E-state index contributed by atoms with van der Waals surface area (Å²) in [6.07, 6.45) is 0. The van der Waals surface area contributed by atoms with Crippen molar-refractivity contribution in [1.82, 2.24) is 9.88 Å². The Morgan fingerprint density at radius 1 is 1.83 bits per heavy atom. The quantitative estimate of drug-likeness (QED) is 0.709. The van der Waals surface area contributed by atoms with Crippen molar-refractivity contribution in [3.8, 4) is 6.07 Å². The van der Waals surface area contributed by atoms with Gasteiger partial charge in [-0.25, -0.2) is 4.98 Å². The van der Waals surface area contributed by atoms with Crippen LogP contribution in [0.5, 0.6) is 0 Å². The fraction of sp³-hybridized carbons (Fsp3) is 0.500. The van der Waals surface area contributed by atoms with Gasteiger partial charge >= 0.3 is 0 Å². The molecule has 64 valence electrons. The van der Waals surface area contributed by atoms with Gasteiger partial charge in [0.15, 0.2) is 0 Å². The number of nitriles is 1. The summed E-state index contributed by atoms with van der Waals surface area (Å²) in [5.74, 6) is 0. The van der Waals surface area contributed by atoms with Gasteiger partial charge in [0.1, 0.15) is 0 Å². The lowest BCUT2D eigenvalue weighted by Crippen LogP contribution is -2.27. The van der Waals surface area contributed by atoms with E-state index >= 15 is 0 Å². The second-order valence-electron chi connectivity index (χ2n) is 2.70. The lowest BCUT2D eigenvalue weighted by molar-refractivity contribution is 0.291. The SMILES string of the molecule is CC(C#N)N(C)Cc1cscn1. The lowest BCUT2D eigenvalue weighted by atomic mass is 10.3. The third-order valence-corrected chi connectivity index (χ3v) is 2.38. The summed E-state index contributed by atoms with van der Waals surface area (Å²) in [6, 6.07) is 2.13. The Morgan fingerprint density at radius 3 is 3.08 bits per heavy atom. The molecule has 0 spiro atoms. The number of hydrogen-bond acceptors (Lipinski definition) is 4. The van der Waals surface area contributed by atoms with E-state index in [2.05, 4.69) is 11.1 Å². The molecular formula is C8H11N3S. The van der Waals surface area contributed by atoms with E-state index in [1.165, 1.54) is 0 Å². The number of nitrogens with zero attached hydrogens (tertiary/aromatic N) is 3. The van der Waals surface area contributed by atoms with Crippen LogP contribution in [0.3, 0.4) is 0 Å². The Hall–Kier alpha value is -0.920. The predicted molar refractivity (Wildman–Crippen MR) is 48.7 cm³/mol. The molecule has 1 rings (SSSR count). The normalized spacial score (nSPS) is 12.8. The summed E-state index contributed by atoms with van der Waals surface area (Å²) >= 11 is 1.58. The molecule has 0 N–H and O–H groups in total. The maximum Gasteiger partial charge on any atom is 0.0950 e. The highest BCUT2D eigenvalue weighted by Crippen LogP contribution is 2.05. The van der Waals surface area contributed by atoms with Crippen LogP contribution in [0, 0.1) is 11.3 Å². The van der Waals surface area contributed by atoms with Crippen LogP contribution < -0.4 is 0 Å². The molecule has 0 radical (unpaired) electrons. The Bertz CT molecular complexity index is 262. The van der Waals surface area contributed by atoms with Crippen molar-refractivity contribution < 1.29 is 0 Å². The zero-order valence-electron chi connectivity index (χ0n) is 7.19. The fourth-order valence-corrected chi connectivity index (χ4v) is 1.36. The molecule has 0 fully saturated rings. The fourth-order valence-electron chi connectivity index (χ4n) is 0.807. The van der Waals surface area contributed by atoms with Crippen molar-refractivity contribution in [2.24, 2.45) is 0 Å². The van der Waals surface area contributed by atoms with Crippen LogP contribution in [0.1, 0.15) is 12.6 Å². The van der Waals surface area contributed by atoms with Crippen LogP contribution in [0.25, 0.3) is 0 Å². The third-order valence-electron chi connectivity index (χ3n) is 1.74. The summed E-state index contributed by atoms with van der Waals surface area (Å²) in [4.78, 5) is 6.11. The van der Waals surface area contributed by atoms with Crippen LogP contribution in [-0.4, -0.2) is 23.0 Å². The van der Waals surface area contributed by atoms with Gasteiger partial charge in [-0.2, -0.15) is 5.26 Å². The molecule has 4 heteroatoms. The topological polar surface area (TPSA) is 39.9 Å². The van der Waals surface area contributed by atoms with E-state index in [1.807, 2.05) is 24.3 Å². The maximum absolute atomic E-state index is 8.62. The van der Waals surface area contributed by atoms with Crippen molar-refractivity contribution in [2.45, 2.75) is 19.5 Å². The Kier molecular flexibility index (Phi) is 3.20. The van der Waals surface area contributed by atoms with E-state index in [4.69, 9.17) is 5.26 Å². The molecule has 0 aliphatic carbocycles. The minimum Gasteiger partial charge on any atom is -0.285 e. The van der Waals surface area contributed by atoms with Crippen molar-refractivity contribution in [2.75, 3.05) is 7.05 Å². The number of aromatic nitrogens is 1. The summed E-state index contributed by atoms with van der Waals surface area (Å²) < 4.78 is 0. The first-order valence-corrected chi connectivity index (χ1v) is 4.65. The lowest BCUT2D eigenvalue weighted by Gasteiger charge is -2.16. The van der Waals surface area contributed by atoms with E-state index in [0.29, 0.717) is 0 Å². The summed E-state index contributed by atoms with van der Waals surface area (Å²) in [5.41, 5.74) is 2.84. The van der Waals surface area contributed by atoms with Crippen LogP contribution in [0.2, 0.25) is 0 Å². The van der Waals surface area contributed by atoms with Crippen molar-refractivity contribution in [1.29, 1.82) is 5.26 Å². The molecule has 3 nitrogen and oxygen atoms in total. The standard InChI is InChI=1S/C8H11N3S/c1-7(3-9)11(2)4-8-5-12-6-10-8/h5-7H,4H2,1-2H3. The molecule has 1 heterocycles. The van der Waals surface area contributed by atoms with Gasteiger partial charge in [0, 0.05) is 11.9 Å². The van der Waals surface area contributed by atoms with E-state index in [9.17, 15) is 0 Å². The number of hydrogen-bond donors (Lipinski definition) is 0. The van der Waals surface area contributed by atoms with Gasteiger partial charge in [0.2, 0.25) is 0 Å². The van der Waals surface area contributed by atoms with E-state index in [1.54, 1.807) is 16.8 Å². The van der Waals surface area contributed by atoms with Crippen molar-refractivity contribution >= 4 is 11.3 Å². The van der Waals surface area contributed by atoms with Gasteiger partial charge in [-0.05, 0) is 14.0 Å². The predicted octanol–water partition coefficient (Wildman–Crippen LogP) is 1.49. The molecule has 1 aromatic heterocycles. The molecule has 0 aliphatic rings. The van der Waals surface area contributed by atoms with Gasteiger partial charge in [-0.15, -0.1) is 11.3 Å². The molecule has 1 aromatic rings. The smallest absolute Gasteiger partial charge is 0.0950 e. The third kappa shape index (κ3) is 2.29. The minimum atomic E-state index is -0.0494. The summed E-state index contributed by atoms with van der Waals surface area (Å²) in [6.45, 7) is 2.63. The van der Waals surface area contributed by atoms with E-state index in [-0.39, 0.29) is 6.04 Å². The zero-order chi connectivity index (χ0) is 8.97. The largest absolute Gasteiger partial charge is 0.285 e. The van der Waals surface area contributed by atoms with Gasteiger partial charge in [-0.1, -0.05) is 0 Å². The van der Waals surface area contributed by atoms with Crippen molar-refractivity contribution in [3.63, 3.8) is 0 Å². The minimum absolute atomic E-state index is 0.0494. The Morgan fingerprint density at radius 2 is 2.58 bits per heavy atom. The van der Waals surface area contributed by atoms with E-state index in [0.717, 1.165) is 12.2 Å². The molecule has 0 saturated heterocycles. The van der Waals surface area contributed by atoms with Crippen LogP contribution in [0.4, 0.5) is 0 Å². The molecule has 1 unspecified atom stereocenters. The monoisotopic (exact) mass is 181 g/mol. The Balaban J connectivity index is 2.48. The molecule has 0 bridgehead atoms. The van der Waals surface area contributed by atoms with Gasteiger partial charge in [0.25, 0.3) is 0 Å². The molecule has 0 aromatic carbocycles. The first-order chi connectivity index (χ1) is 5.74. The molecular weight excluding hydrogens is 170 g/mol. The van der Waals surface area contributed by atoms with Gasteiger partial charge in [0.05, 0.1) is 23.3 Å². The highest BCUT2D eigenvalue weighted by atomic mass is 32.1. The van der Waals surface area contributed by atoms with Crippen LogP contribution in [-0.2, 0) is 6.54 Å². The van der Waals surface area contributed by atoms with Crippen LogP contribution in [0.15, 0.2) is 10.9 Å². The first kappa shape index (κ1) is 9.17. The summed E-state index contributed by atoms with van der Waals surface area (Å²) in [5, 5.41) is 10.6. The molecule has 0 amide bonds. The van der Waals surface area contributed by atoms with Gasteiger partial charge < -0.3 is 0 Å². The first-order valence-electron chi connectivity index (χ1n) is 3.71. The van der Waals surface area contributed by atoms with E-state index < -0.39 is 0 Å². The number of thiazole rings is 1. The molecule has 0 aliphatic heterocycles. The molecule has 1 atom stereocenters.